The van der Waals surface area contributed by atoms with E-state index in [9.17, 15) is 23.5 Å². The predicted molar refractivity (Wildman–Crippen MR) is 85.0 cm³/mol. The summed E-state index contributed by atoms with van der Waals surface area (Å²) in [6.45, 7) is 0. The lowest BCUT2D eigenvalue weighted by Gasteiger charge is -2.10. The number of aromatic carboxylic acids is 1. The lowest BCUT2D eigenvalue weighted by Crippen LogP contribution is -2.28. The number of carboxylic acids is 1. The Bertz CT molecular complexity index is 971. The van der Waals surface area contributed by atoms with Gasteiger partial charge >= 0.3 is 5.97 Å². The normalized spacial score (nSPS) is 10.8. The molecule has 1 aromatic carbocycles. The molecule has 3 rings (SSSR count). The summed E-state index contributed by atoms with van der Waals surface area (Å²) < 4.78 is 26.2. The summed E-state index contributed by atoms with van der Waals surface area (Å²) in [7, 11) is 0. The third-order valence-corrected chi connectivity index (χ3v) is 3.56. The number of carbonyl (C=O) groups is 1. The molecule has 0 aliphatic rings. The molecule has 0 atom stereocenters. The molecule has 25 heavy (non-hydrogen) atoms. The molecule has 0 saturated heterocycles. The van der Waals surface area contributed by atoms with Crippen LogP contribution >= 0.6 is 0 Å². The molecule has 8 heteroatoms. The van der Waals surface area contributed by atoms with Gasteiger partial charge in [0.1, 0.15) is 5.56 Å². The van der Waals surface area contributed by atoms with Gasteiger partial charge in [0.05, 0.1) is 18.1 Å². The highest BCUT2D eigenvalue weighted by Gasteiger charge is 2.20. The molecular weight excluding hydrogens is 332 g/mol. The number of nitrogens with zero attached hydrogens (tertiary/aromatic N) is 3. The van der Waals surface area contributed by atoms with E-state index in [-0.39, 0.29) is 11.1 Å². The van der Waals surface area contributed by atoms with Crippen LogP contribution in [0.5, 0.6) is 0 Å². The van der Waals surface area contributed by atoms with Gasteiger partial charge in [-0.05, 0) is 17.7 Å². The van der Waals surface area contributed by atoms with Crippen LogP contribution < -0.4 is 5.56 Å². The highest BCUT2D eigenvalue weighted by atomic mass is 19.3. The minimum absolute atomic E-state index is 0.0541. The van der Waals surface area contributed by atoms with Crippen molar-refractivity contribution in [2.45, 2.75) is 6.43 Å². The van der Waals surface area contributed by atoms with Crippen LogP contribution in [0.1, 0.15) is 22.3 Å². The van der Waals surface area contributed by atoms with Gasteiger partial charge in [-0.15, -0.1) is 0 Å². The Kier molecular flexibility index (Phi) is 4.34. The molecule has 0 unspecified atom stereocenters. The van der Waals surface area contributed by atoms with Gasteiger partial charge in [-0.3, -0.25) is 9.78 Å². The zero-order valence-corrected chi connectivity index (χ0v) is 12.6. The lowest BCUT2D eigenvalue weighted by atomic mass is 10.0. The van der Waals surface area contributed by atoms with E-state index in [4.69, 9.17) is 0 Å². The zero-order valence-electron chi connectivity index (χ0n) is 12.6. The summed E-state index contributed by atoms with van der Waals surface area (Å²) in [6, 6.07) is 8.17. The molecule has 0 bridgehead atoms. The smallest absolute Gasteiger partial charge is 0.342 e. The number of benzene rings is 1. The SMILES string of the molecule is O=C(O)c1c(-c2ccc(C(F)F)cc2)cnn(-c2cccnc2)c1=O. The van der Waals surface area contributed by atoms with Crippen molar-refractivity contribution in [3.63, 3.8) is 0 Å². The lowest BCUT2D eigenvalue weighted by molar-refractivity contribution is 0.0695. The second-order valence-electron chi connectivity index (χ2n) is 5.09. The Morgan fingerprint density at radius 3 is 2.40 bits per heavy atom. The number of rotatable bonds is 4. The number of pyridine rings is 1. The van der Waals surface area contributed by atoms with E-state index in [2.05, 4.69) is 10.1 Å². The van der Waals surface area contributed by atoms with Crippen LogP contribution in [-0.4, -0.2) is 25.8 Å². The van der Waals surface area contributed by atoms with Crippen LogP contribution in [0, 0.1) is 0 Å². The third kappa shape index (κ3) is 3.14. The first-order chi connectivity index (χ1) is 12.0. The summed E-state index contributed by atoms with van der Waals surface area (Å²) in [4.78, 5) is 28.0. The molecule has 1 N–H and O–H groups in total. The van der Waals surface area contributed by atoms with E-state index in [1.807, 2.05) is 0 Å². The molecular formula is C17H11F2N3O3. The van der Waals surface area contributed by atoms with Gasteiger partial charge in [0.25, 0.3) is 12.0 Å². The molecule has 2 heterocycles. The fourth-order valence-corrected chi connectivity index (χ4v) is 2.35. The molecule has 0 aliphatic heterocycles. The molecule has 6 nitrogen and oxygen atoms in total. The topological polar surface area (TPSA) is 85.1 Å². The van der Waals surface area contributed by atoms with Gasteiger partial charge in [0.2, 0.25) is 0 Å². The van der Waals surface area contributed by atoms with Crippen LogP contribution in [0.15, 0.2) is 59.8 Å². The molecule has 0 amide bonds. The maximum atomic E-state index is 12.6. The first-order valence-corrected chi connectivity index (χ1v) is 7.13. The van der Waals surface area contributed by atoms with Gasteiger partial charge in [-0.25, -0.2) is 13.6 Å². The number of carboxylic acid groups (broad SMARTS) is 1. The van der Waals surface area contributed by atoms with Gasteiger partial charge in [0, 0.05) is 17.3 Å². The summed E-state index contributed by atoms with van der Waals surface area (Å²) in [5.74, 6) is -1.43. The van der Waals surface area contributed by atoms with Crippen LogP contribution in [-0.2, 0) is 0 Å². The van der Waals surface area contributed by atoms with Crippen molar-refractivity contribution in [2.24, 2.45) is 0 Å². The van der Waals surface area contributed by atoms with Crippen molar-refractivity contribution >= 4 is 5.97 Å². The van der Waals surface area contributed by atoms with Crippen LogP contribution in [0.3, 0.4) is 0 Å². The van der Waals surface area contributed by atoms with Crippen molar-refractivity contribution in [2.75, 3.05) is 0 Å². The number of alkyl halides is 2. The largest absolute Gasteiger partial charge is 0.477 e. The van der Waals surface area contributed by atoms with E-state index >= 15 is 0 Å². The molecule has 0 saturated carbocycles. The zero-order chi connectivity index (χ0) is 18.0. The summed E-state index contributed by atoms with van der Waals surface area (Å²) in [5.41, 5.74) is -0.852. The Hall–Kier alpha value is -3.42. The van der Waals surface area contributed by atoms with Crippen molar-refractivity contribution in [1.29, 1.82) is 0 Å². The fraction of sp³-hybridized carbons (Fsp3) is 0.0588. The average Bonchev–Trinajstić information content (AvgIpc) is 2.62. The second-order valence-corrected chi connectivity index (χ2v) is 5.09. The van der Waals surface area contributed by atoms with E-state index in [1.54, 1.807) is 12.1 Å². The van der Waals surface area contributed by atoms with E-state index in [1.165, 1.54) is 42.9 Å². The molecule has 126 valence electrons. The Labute approximate surface area is 140 Å². The number of hydrogen-bond acceptors (Lipinski definition) is 4. The van der Waals surface area contributed by atoms with Crippen molar-refractivity contribution in [1.82, 2.24) is 14.8 Å². The van der Waals surface area contributed by atoms with Crippen LogP contribution in [0.25, 0.3) is 16.8 Å². The quantitative estimate of drug-likeness (QED) is 0.787. The second kappa shape index (κ2) is 6.60. The highest BCUT2D eigenvalue weighted by Crippen LogP contribution is 2.25. The van der Waals surface area contributed by atoms with Gasteiger partial charge in [0.15, 0.2) is 0 Å². The summed E-state index contributed by atoms with van der Waals surface area (Å²) in [5, 5.41) is 13.4. The van der Waals surface area contributed by atoms with Crippen molar-refractivity contribution in [3.05, 3.63) is 76.5 Å². The molecule has 0 aliphatic carbocycles. The molecule has 2 aromatic heterocycles. The minimum Gasteiger partial charge on any atom is -0.477 e. The first-order valence-electron chi connectivity index (χ1n) is 7.13. The maximum Gasteiger partial charge on any atom is 0.342 e. The highest BCUT2D eigenvalue weighted by molar-refractivity contribution is 5.95. The van der Waals surface area contributed by atoms with Crippen molar-refractivity contribution in [3.8, 4) is 16.8 Å². The minimum atomic E-state index is -2.63. The van der Waals surface area contributed by atoms with E-state index in [0.29, 0.717) is 11.3 Å². The maximum absolute atomic E-state index is 12.6. The summed E-state index contributed by atoms with van der Waals surface area (Å²) >= 11 is 0. The summed E-state index contributed by atoms with van der Waals surface area (Å²) in [6.07, 6.45) is 1.46. The van der Waals surface area contributed by atoms with Crippen molar-refractivity contribution < 1.29 is 18.7 Å². The van der Waals surface area contributed by atoms with E-state index < -0.39 is 23.5 Å². The third-order valence-electron chi connectivity index (χ3n) is 3.56. The fourth-order valence-electron chi connectivity index (χ4n) is 2.35. The molecule has 3 aromatic rings. The van der Waals surface area contributed by atoms with Gasteiger partial charge in [-0.1, -0.05) is 24.3 Å². The number of hydrogen-bond donors (Lipinski definition) is 1. The van der Waals surface area contributed by atoms with Crippen LogP contribution in [0.4, 0.5) is 8.78 Å². The Morgan fingerprint density at radius 2 is 1.84 bits per heavy atom. The monoisotopic (exact) mass is 343 g/mol. The van der Waals surface area contributed by atoms with Crippen LogP contribution in [0.2, 0.25) is 0 Å². The van der Waals surface area contributed by atoms with Gasteiger partial charge in [-0.2, -0.15) is 9.78 Å². The number of halogens is 2. The Balaban J connectivity index is 2.17. The molecule has 0 spiro atoms. The molecule has 0 radical (unpaired) electrons. The standard InChI is InChI=1S/C17H11F2N3O3/c18-15(19)11-5-3-10(4-6-11)13-9-21-22(12-2-1-7-20-8-12)16(23)14(13)17(24)25/h1-9,15H,(H,24,25). The Morgan fingerprint density at radius 1 is 1.12 bits per heavy atom. The van der Waals surface area contributed by atoms with E-state index in [0.717, 1.165) is 4.68 Å². The van der Waals surface area contributed by atoms with Gasteiger partial charge < -0.3 is 5.11 Å². The predicted octanol–water partition coefficient (Wildman–Crippen LogP) is 2.93. The number of aromatic nitrogens is 3. The molecule has 0 fully saturated rings. The average molecular weight is 343 g/mol. The first kappa shape index (κ1) is 16.4.